The number of nitrogens with zero attached hydrogens (tertiary/aromatic N) is 5. The summed E-state index contributed by atoms with van der Waals surface area (Å²) in [5, 5.41) is 4.87. The maximum atomic E-state index is 11.0. The molecule has 6 nitrogen and oxygen atoms in total. The van der Waals surface area contributed by atoms with Crippen molar-refractivity contribution < 1.29 is 4.79 Å². The molecule has 0 saturated heterocycles. The molecule has 30 heavy (non-hydrogen) atoms. The maximum absolute atomic E-state index is 11.0. The van der Waals surface area contributed by atoms with Crippen LogP contribution in [0.3, 0.4) is 0 Å². The summed E-state index contributed by atoms with van der Waals surface area (Å²) < 4.78 is 3.60. The molecule has 2 heterocycles. The topological polar surface area (TPSA) is 53.7 Å². The second-order valence-electron chi connectivity index (χ2n) is 6.56. The van der Waals surface area contributed by atoms with Crippen LogP contribution in [0.15, 0.2) is 46.4 Å². The number of amides is 1. The fourth-order valence-electron chi connectivity index (χ4n) is 3.26. The van der Waals surface area contributed by atoms with Gasteiger partial charge in [0, 0.05) is 30.2 Å². The number of carbonyl (C=O) groups excluding carboxylic acids is 1. The van der Waals surface area contributed by atoms with Gasteiger partial charge in [-0.3, -0.25) is 4.79 Å². The number of rotatable bonds is 7. The molecule has 2 aromatic rings. The molecule has 9 heteroatoms. The molecular weight excluding hydrogens is 532 g/mol. The first-order chi connectivity index (χ1) is 14.5. The van der Waals surface area contributed by atoms with Crippen LogP contribution in [0.4, 0.5) is 0 Å². The monoisotopic (exact) mass is 559 g/mol. The van der Waals surface area contributed by atoms with Gasteiger partial charge in [-0.25, -0.2) is 9.76 Å². The van der Waals surface area contributed by atoms with Crippen molar-refractivity contribution in [3.63, 3.8) is 0 Å². The molecule has 0 N–H and O–H groups in total. The molecule has 1 aromatic carbocycles. The van der Waals surface area contributed by atoms with Crippen molar-refractivity contribution in [1.82, 2.24) is 19.2 Å². The van der Waals surface area contributed by atoms with Crippen molar-refractivity contribution in [3.8, 4) is 0 Å². The predicted octanol–water partition coefficient (Wildman–Crippen LogP) is 5.48. The predicted molar refractivity (Wildman–Crippen MR) is 135 cm³/mol. The third-order valence-corrected chi connectivity index (χ3v) is 6.85. The molecule has 0 aliphatic carbocycles. The molecule has 1 aliphatic heterocycles. The molecule has 1 unspecified atom stereocenters. The quantitative estimate of drug-likeness (QED) is 0.148. The molecular formula is C21H28ClIN5OP. The summed E-state index contributed by atoms with van der Waals surface area (Å²) in [6.45, 7) is 10.3. The molecule has 0 spiro atoms. The van der Waals surface area contributed by atoms with E-state index in [2.05, 4.69) is 72.8 Å². The first kappa shape index (κ1) is 24.8. The summed E-state index contributed by atoms with van der Waals surface area (Å²) in [5.74, 6) is 0. The van der Waals surface area contributed by atoms with Crippen LogP contribution in [-0.2, 0) is 24.3 Å². The molecule has 3 rings (SSSR count). The highest BCUT2D eigenvalue weighted by molar-refractivity contribution is 14.2. The number of aromatic nitrogens is 2. The van der Waals surface area contributed by atoms with E-state index in [1.165, 1.54) is 21.6 Å². The number of allylic oxidation sites excluding steroid dienone is 2. The molecule has 0 radical (unpaired) electrons. The lowest BCUT2D eigenvalue weighted by Gasteiger charge is -2.30. The second-order valence-corrected chi connectivity index (χ2v) is 9.20. The van der Waals surface area contributed by atoms with Crippen LogP contribution in [-0.4, -0.2) is 38.4 Å². The van der Waals surface area contributed by atoms with Crippen molar-refractivity contribution in [2.24, 2.45) is 5.10 Å². The third kappa shape index (κ3) is 6.28. The minimum atomic E-state index is 0.247. The van der Waals surface area contributed by atoms with Crippen molar-refractivity contribution in [3.05, 3.63) is 63.8 Å². The Morgan fingerprint density at radius 3 is 2.77 bits per heavy atom. The standard InChI is InChI=1S/C19H22ClIN5OP.C2H6/c1-14-5-3-4-6-16(14)10-25-12-22-17-11-24(8-7-18(17)25)19(15(2)20)9-23-26(13-27)28-21;1-2/h3-6,9,12-13,28H,7-8,10-11H2,1-2H3;1-2H3/b19-15-,23-9-;. The van der Waals surface area contributed by atoms with E-state index in [4.69, 9.17) is 11.6 Å². The number of hydrogen-bond donors (Lipinski definition) is 0. The maximum Gasteiger partial charge on any atom is 0.233 e. The highest BCUT2D eigenvalue weighted by Crippen LogP contribution is 2.27. The highest BCUT2D eigenvalue weighted by Gasteiger charge is 2.23. The Kier molecular flexibility index (Phi) is 10.3. The number of hydrogen-bond acceptors (Lipinski definition) is 4. The van der Waals surface area contributed by atoms with E-state index in [1.54, 1.807) is 6.21 Å². The lowest BCUT2D eigenvalue weighted by molar-refractivity contribution is -0.113. The minimum absolute atomic E-state index is 0.247. The van der Waals surface area contributed by atoms with Gasteiger partial charge in [-0.2, -0.15) is 5.10 Å². The molecule has 1 aliphatic rings. The third-order valence-electron chi connectivity index (χ3n) is 4.78. The molecule has 1 amide bonds. The van der Waals surface area contributed by atoms with Crippen molar-refractivity contribution in [2.75, 3.05) is 6.54 Å². The van der Waals surface area contributed by atoms with Gasteiger partial charge in [0.1, 0.15) is 0 Å². The number of aryl methyl sites for hydroxylation is 1. The number of fused-ring (bicyclic) bond motifs is 1. The van der Waals surface area contributed by atoms with Crippen LogP contribution in [0.25, 0.3) is 0 Å². The number of carbonyl (C=O) groups is 1. The van der Waals surface area contributed by atoms with E-state index in [1.807, 2.05) is 27.1 Å². The smallest absolute Gasteiger partial charge is 0.233 e. The van der Waals surface area contributed by atoms with Crippen LogP contribution >= 0.6 is 40.0 Å². The van der Waals surface area contributed by atoms with E-state index in [-0.39, 0.29) is 6.37 Å². The summed E-state index contributed by atoms with van der Waals surface area (Å²) in [6, 6.07) is 8.44. The van der Waals surface area contributed by atoms with Crippen LogP contribution in [0, 0.1) is 6.92 Å². The number of halogens is 2. The Hall–Kier alpha value is -1.44. The molecule has 162 valence electrons. The lowest BCUT2D eigenvalue weighted by Crippen LogP contribution is -2.32. The van der Waals surface area contributed by atoms with Gasteiger partial charge in [0.25, 0.3) is 0 Å². The number of imidazole rings is 1. The van der Waals surface area contributed by atoms with E-state index in [9.17, 15) is 4.79 Å². The summed E-state index contributed by atoms with van der Waals surface area (Å²) in [6.07, 6.45) is 5.43. The summed E-state index contributed by atoms with van der Waals surface area (Å²) in [7, 11) is 0. The average Bonchev–Trinajstić information content (AvgIpc) is 3.16. The molecule has 0 bridgehead atoms. The molecule has 0 fully saturated rings. The largest absolute Gasteiger partial charge is 0.363 e. The normalized spacial score (nSPS) is 14.4. The van der Waals surface area contributed by atoms with E-state index in [0.717, 1.165) is 30.9 Å². The summed E-state index contributed by atoms with van der Waals surface area (Å²) in [5.41, 5.74) is 5.75. The minimum Gasteiger partial charge on any atom is -0.363 e. The molecule has 1 aromatic heterocycles. The van der Waals surface area contributed by atoms with Crippen LogP contribution in [0.2, 0.25) is 0 Å². The van der Waals surface area contributed by atoms with Gasteiger partial charge in [0.15, 0.2) is 0 Å². The van der Waals surface area contributed by atoms with Crippen LogP contribution in [0.5, 0.6) is 0 Å². The van der Waals surface area contributed by atoms with Gasteiger partial charge < -0.3 is 9.47 Å². The van der Waals surface area contributed by atoms with Gasteiger partial charge >= 0.3 is 0 Å². The Morgan fingerprint density at radius 2 is 2.13 bits per heavy atom. The number of benzene rings is 1. The van der Waals surface area contributed by atoms with Crippen molar-refractivity contribution in [2.45, 2.75) is 47.2 Å². The first-order valence-electron chi connectivity index (χ1n) is 9.87. The first-order valence-corrected chi connectivity index (χ1v) is 14.3. The van der Waals surface area contributed by atoms with Gasteiger partial charge in [-0.1, -0.05) is 49.7 Å². The molecule has 1 atom stereocenters. The highest BCUT2D eigenvalue weighted by atomic mass is 127. The van der Waals surface area contributed by atoms with Crippen LogP contribution in [0.1, 0.15) is 43.3 Å². The zero-order chi connectivity index (χ0) is 22.1. The van der Waals surface area contributed by atoms with E-state index in [0.29, 0.717) is 18.0 Å². The zero-order valence-corrected chi connectivity index (χ0v) is 21.7. The summed E-state index contributed by atoms with van der Waals surface area (Å²) >= 11 is 8.43. The van der Waals surface area contributed by atoms with Gasteiger partial charge in [0.05, 0.1) is 36.9 Å². The fraction of sp³-hybridized carbons (Fsp3) is 0.381. The van der Waals surface area contributed by atoms with Crippen LogP contribution < -0.4 is 0 Å². The number of hydrazone groups is 1. The van der Waals surface area contributed by atoms with E-state index < -0.39 is 0 Å². The Labute approximate surface area is 198 Å². The van der Waals surface area contributed by atoms with Crippen molar-refractivity contribution in [1.29, 1.82) is 0 Å². The van der Waals surface area contributed by atoms with Crippen molar-refractivity contribution >= 4 is 52.6 Å². The Morgan fingerprint density at radius 1 is 1.40 bits per heavy atom. The zero-order valence-electron chi connectivity index (χ0n) is 17.8. The molecule has 0 saturated carbocycles. The second kappa shape index (κ2) is 12.4. The van der Waals surface area contributed by atoms with Gasteiger partial charge in [-0.05, 0) is 47.0 Å². The van der Waals surface area contributed by atoms with E-state index >= 15 is 0 Å². The Bertz CT molecular complexity index is 911. The Balaban J connectivity index is 0.00000155. The SMILES string of the molecule is C/C(Cl)=C(\C=N/N(C=O)PI)N1CCc2c(ncn2Cc2ccccc2C)C1.CC. The summed E-state index contributed by atoms with van der Waals surface area (Å²) in [4.78, 5) is 17.8. The lowest BCUT2D eigenvalue weighted by atomic mass is 10.1. The van der Waals surface area contributed by atoms with Gasteiger partial charge in [0.2, 0.25) is 6.41 Å². The van der Waals surface area contributed by atoms with Gasteiger partial charge in [-0.15, -0.1) is 0 Å². The average molecular weight is 560 g/mol. The fourth-order valence-corrected chi connectivity index (χ4v) is 4.28.